The van der Waals surface area contributed by atoms with Gasteiger partial charge in [0.25, 0.3) is 0 Å². The Hall–Kier alpha value is -3.49. The van der Waals surface area contributed by atoms with Gasteiger partial charge >= 0.3 is 5.97 Å². The van der Waals surface area contributed by atoms with E-state index in [4.69, 9.17) is 35.2 Å². The van der Waals surface area contributed by atoms with Crippen LogP contribution in [0.1, 0.15) is 6.42 Å². The number of nitrogens with zero attached hydrogens (tertiary/aromatic N) is 3. The van der Waals surface area contributed by atoms with E-state index in [1.54, 1.807) is 37.4 Å². The minimum Gasteiger partial charge on any atom is -0.424 e. The standard InChI is InChI=1S/C23H32N6O7/c1-32-10-11-34-14-15-35-13-12-33-9-8-22(31)36-19-5-3-2-4-17(19)28-29-18-6-7-20(27-23(18)25)26-21(30)16-24/h2-7H,8-16,24H2,1H3,(H3,25,26,27,30). The Morgan fingerprint density at radius 3 is 2.19 bits per heavy atom. The second kappa shape index (κ2) is 17.0. The summed E-state index contributed by atoms with van der Waals surface area (Å²) in [6.45, 7) is 2.76. The number of nitrogens with two attached hydrogens (primary N) is 2. The van der Waals surface area contributed by atoms with Gasteiger partial charge in [0.2, 0.25) is 5.91 Å². The predicted octanol–water partition coefficient (Wildman–Crippen LogP) is 1.97. The molecule has 0 saturated heterocycles. The van der Waals surface area contributed by atoms with Gasteiger partial charge in [-0.1, -0.05) is 12.1 Å². The van der Waals surface area contributed by atoms with Gasteiger partial charge in [-0.15, -0.1) is 10.2 Å². The molecule has 0 spiro atoms. The Bertz CT molecular complexity index is 989. The van der Waals surface area contributed by atoms with Gasteiger partial charge < -0.3 is 40.5 Å². The summed E-state index contributed by atoms with van der Waals surface area (Å²) >= 11 is 0. The number of ether oxygens (including phenoxy) is 5. The van der Waals surface area contributed by atoms with Crippen molar-refractivity contribution in [1.82, 2.24) is 4.98 Å². The summed E-state index contributed by atoms with van der Waals surface area (Å²) in [5, 5.41) is 10.7. The lowest BCUT2D eigenvalue weighted by atomic mass is 10.3. The van der Waals surface area contributed by atoms with Crippen LogP contribution < -0.4 is 21.5 Å². The van der Waals surface area contributed by atoms with E-state index in [9.17, 15) is 9.59 Å². The lowest BCUT2D eigenvalue weighted by Gasteiger charge is -2.08. The zero-order chi connectivity index (χ0) is 26.0. The third-order valence-corrected chi connectivity index (χ3v) is 4.34. The molecule has 0 atom stereocenters. The molecule has 0 aliphatic heterocycles. The van der Waals surface area contributed by atoms with E-state index in [1.807, 2.05) is 0 Å². The van der Waals surface area contributed by atoms with E-state index in [0.717, 1.165) is 0 Å². The molecule has 1 heterocycles. The number of anilines is 2. The summed E-state index contributed by atoms with van der Waals surface area (Å²) in [5.74, 6) is -0.335. The van der Waals surface area contributed by atoms with E-state index in [0.29, 0.717) is 45.3 Å². The molecule has 0 bridgehead atoms. The summed E-state index contributed by atoms with van der Waals surface area (Å²) in [6.07, 6.45) is 0.0540. The van der Waals surface area contributed by atoms with Gasteiger partial charge in [-0.2, -0.15) is 0 Å². The van der Waals surface area contributed by atoms with Gasteiger partial charge in [-0.25, -0.2) is 4.98 Å². The molecule has 2 rings (SSSR count). The minimum absolute atomic E-state index is 0.0540. The number of azo groups is 1. The molecule has 0 aliphatic carbocycles. The first-order valence-electron chi connectivity index (χ1n) is 11.2. The van der Waals surface area contributed by atoms with Gasteiger partial charge in [0.1, 0.15) is 17.2 Å². The maximum absolute atomic E-state index is 12.2. The van der Waals surface area contributed by atoms with Crippen LogP contribution in [0.3, 0.4) is 0 Å². The molecule has 1 amide bonds. The number of hydrogen-bond donors (Lipinski definition) is 3. The number of methoxy groups -OCH3 is 1. The van der Waals surface area contributed by atoms with E-state index in [2.05, 4.69) is 20.5 Å². The normalized spacial score (nSPS) is 11.1. The van der Waals surface area contributed by atoms with Crippen molar-refractivity contribution in [2.45, 2.75) is 6.42 Å². The van der Waals surface area contributed by atoms with Crippen LogP contribution in [0.5, 0.6) is 5.75 Å². The molecule has 196 valence electrons. The number of nitrogens with one attached hydrogen (secondary N) is 1. The number of carbonyl (C=O) groups excluding carboxylic acids is 2. The van der Waals surface area contributed by atoms with Crippen molar-refractivity contribution in [2.24, 2.45) is 16.0 Å². The number of pyridine rings is 1. The van der Waals surface area contributed by atoms with Gasteiger partial charge in [0.15, 0.2) is 11.6 Å². The second-order valence-corrected chi connectivity index (χ2v) is 7.07. The zero-order valence-corrected chi connectivity index (χ0v) is 20.2. The first-order valence-corrected chi connectivity index (χ1v) is 11.2. The quantitative estimate of drug-likeness (QED) is 0.125. The predicted molar refractivity (Wildman–Crippen MR) is 132 cm³/mol. The molecule has 5 N–H and O–H groups in total. The summed E-state index contributed by atoms with van der Waals surface area (Å²) in [5.41, 5.74) is 11.8. The Labute approximate surface area is 209 Å². The summed E-state index contributed by atoms with van der Waals surface area (Å²) < 4.78 is 26.3. The molecular weight excluding hydrogens is 472 g/mol. The number of para-hydroxylation sites is 1. The topological polar surface area (TPSA) is 182 Å². The van der Waals surface area contributed by atoms with E-state index >= 15 is 0 Å². The molecule has 1 aromatic carbocycles. The van der Waals surface area contributed by atoms with Crippen LogP contribution in [-0.2, 0) is 28.5 Å². The average molecular weight is 505 g/mol. The Kier molecular flexibility index (Phi) is 13.6. The van der Waals surface area contributed by atoms with Gasteiger partial charge in [0, 0.05) is 7.11 Å². The van der Waals surface area contributed by atoms with Gasteiger partial charge in [0.05, 0.1) is 59.2 Å². The molecule has 0 radical (unpaired) electrons. The van der Waals surface area contributed by atoms with Crippen molar-refractivity contribution in [3.05, 3.63) is 36.4 Å². The number of nitrogen functional groups attached to an aromatic ring is 1. The fourth-order valence-electron chi connectivity index (χ4n) is 2.56. The molecular formula is C23H32N6O7. The number of amides is 1. The lowest BCUT2D eigenvalue weighted by molar-refractivity contribution is -0.135. The fraction of sp³-hybridized carbons (Fsp3) is 0.435. The average Bonchev–Trinajstić information content (AvgIpc) is 2.87. The third kappa shape index (κ3) is 11.3. The van der Waals surface area contributed by atoms with Crippen molar-refractivity contribution < 1.29 is 33.3 Å². The highest BCUT2D eigenvalue weighted by Gasteiger charge is 2.10. The van der Waals surface area contributed by atoms with Crippen molar-refractivity contribution in [2.75, 3.05) is 71.0 Å². The summed E-state index contributed by atoms with van der Waals surface area (Å²) in [6, 6.07) is 9.74. The third-order valence-electron chi connectivity index (χ3n) is 4.34. The van der Waals surface area contributed by atoms with Crippen molar-refractivity contribution in [1.29, 1.82) is 0 Å². The van der Waals surface area contributed by atoms with Crippen LogP contribution in [0.4, 0.5) is 23.0 Å². The van der Waals surface area contributed by atoms with Gasteiger partial charge in [-0.3, -0.25) is 9.59 Å². The number of carbonyl (C=O) groups is 2. The Morgan fingerprint density at radius 2 is 1.53 bits per heavy atom. The van der Waals surface area contributed by atoms with Crippen LogP contribution in [0.25, 0.3) is 0 Å². The Balaban J connectivity index is 1.75. The summed E-state index contributed by atoms with van der Waals surface area (Å²) in [7, 11) is 1.61. The molecule has 13 heteroatoms. The van der Waals surface area contributed by atoms with Crippen molar-refractivity contribution >= 4 is 34.9 Å². The first-order chi connectivity index (χ1) is 17.5. The second-order valence-electron chi connectivity index (χ2n) is 7.07. The lowest BCUT2D eigenvalue weighted by Crippen LogP contribution is -2.22. The molecule has 0 saturated carbocycles. The molecule has 1 aromatic heterocycles. The Morgan fingerprint density at radius 1 is 0.889 bits per heavy atom. The number of rotatable bonds is 17. The largest absolute Gasteiger partial charge is 0.424 e. The first kappa shape index (κ1) is 28.7. The van der Waals surface area contributed by atoms with E-state index in [-0.39, 0.29) is 42.6 Å². The number of esters is 1. The van der Waals surface area contributed by atoms with Crippen LogP contribution in [0, 0.1) is 0 Å². The minimum atomic E-state index is -0.480. The summed E-state index contributed by atoms with van der Waals surface area (Å²) in [4.78, 5) is 27.6. The fourth-order valence-corrected chi connectivity index (χ4v) is 2.56. The maximum Gasteiger partial charge on any atom is 0.313 e. The SMILES string of the molecule is COCCOCCOCCOCCC(=O)Oc1ccccc1N=Nc1ccc(NC(=O)CN)nc1N. The number of aromatic nitrogens is 1. The van der Waals surface area contributed by atoms with Crippen LogP contribution in [0.15, 0.2) is 46.6 Å². The monoisotopic (exact) mass is 504 g/mol. The molecule has 0 fully saturated rings. The maximum atomic E-state index is 12.2. The van der Waals surface area contributed by atoms with E-state index in [1.165, 1.54) is 6.07 Å². The zero-order valence-electron chi connectivity index (χ0n) is 20.2. The molecule has 0 aliphatic rings. The van der Waals surface area contributed by atoms with Crippen LogP contribution >= 0.6 is 0 Å². The highest BCUT2D eigenvalue weighted by Crippen LogP contribution is 2.30. The van der Waals surface area contributed by atoms with Crippen molar-refractivity contribution in [3.63, 3.8) is 0 Å². The number of benzene rings is 1. The highest BCUT2D eigenvalue weighted by atomic mass is 16.6. The van der Waals surface area contributed by atoms with Gasteiger partial charge in [-0.05, 0) is 24.3 Å². The van der Waals surface area contributed by atoms with Crippen molar-refractivity contribution in [3.8, 4) is 5.75 Å². The molecule has 0 unspecified atom stereocenters. The van der Waals surface area contributed by atoms with Crippen LogP contribution in [-0.4, -0.2) is 76.8 Å². The van der Waals surface area contributed by atoms with E-state index < -0.39 is 11.9 Å². The number of hydrogen-bond acceptors (Lipinski definition) is 12. The van der Waals surface area contributed by atoms with Crippen LogP contribution in [0.2, 0.25) is 0 Å². The molecule has 2 aromatic rings. The smallest absolute Gasteiger partial charge is 0.313 e. The highest BCUT2D eigenvalue weighted by molar-refractivity contribution is 5.91. The molecule has 13 nitrogen and oxygen atoms in total. The molecule has 36 heavy (non-hydrogen) atoms.